The van der Waals surface area contributed by atoms with Gasteiger partial charge in [-0.3, -0.25) is 5.41 Å². The lowest BCUT2D eigenvalue weighted by Gasteiger charge is -2.08. The summed E-state index contributed by atoms with van der Waals surface area (Å²) >= 11 is 1.44. The molecule has 0 saturated heterocycles. The van der Waals surface area contributed by atoms with Crippen LogP contribution in [0.3, 0.4) is 0 Å². The van der Waals surface area contributed by atoms with Gasteiger partial charge in [-0.1, -0.05) is 23.5 Å². The second-order valence-corrected chi connectivity index (χ2v) is 6.15. The Morgan fingerprint density at radius 2 is 1.92 bits per heavy atom. The summed E-state index contributed by atoms with van der Waals surface area (Å²) in [5.74, 6) is 1.15. The van der Waals surface area contributed by atoms with Crippen molar-refractivity contribution in [3.05, 3.63) is 48.0 Å². The molecule has 1 aliphatic rings. The van der Waals surface area contributed by atoms with Gasteiger partial charge >= 0.3 is 0 Å². The number of nitrogens with two attached hydrogens (primary N) is 2. The van der Waals surface area contributed by atoms with Crippen molar-refractivity contribution in [2.75, 3.05) is 0 Å². The van der Waals surface area contributed by atoms with Gasteiger partial charge in [0.05, 0.1) is 10.2 Å². The van der Waals surface area contributed by atoms with Crippen molar-refractivity contribution in [1.29, 1.82) is 5.41 Å². The fourth-order valence-corrected chi connectivity index (χ4v) is 3.17. The predicted molar refractivity (Wildman–Crippen MR) is 93.4 cm³/mol. The molecule has 1 unspecified atom stereocenters. The third-order valence-corrected chi connectivity index (χ3v) is 4.40. The fourth-order valence-electron chi connectivity index (χ4n) is 2.31. The number of nitrogens with zero attached hydrogens (tertiary/aromatic N) is 2. The molecule has 8 heteroatoms. The van der Waals surface area contributed by atoms with Gasteiger partial charge in [-0.15, -0.1) is 0 Å². The first-order chi connectivity index (χ1) is 11.6. The van der Waals surface area contributed by atoms with Gasteiger partial charge in [0.25, 0.3) is 6.29 Å². The molecule has 3 aromatic rings. The Hall–Kier alpha value is -3.13. The third kappa shape index (κ3) is 2.52. The minimum absolute atomic E-state index is 0.0408. The number of rotatable bonds is 3. The van der Waals surface area contributed by atoms with Gasteiger partial charge in [0.1, 0.15) is 5.84 Å². The molecule has 7 nitrogen and oxygen atoms in total. The molecule has 2 aromatic carbocycles. The standard InChI is InChI=1S/C16H13N5O2S/c17-13(18)8-5-6-10-11(7-8)23-15(22-10)14(19)21-16-20-9-3-1-2-4-12(9)24-16/h1-7,15H,(H3,17,18)(H2,19,20,21). The molecule has 120 valence electrons. The SMILES string of the molecule is N=C(N)c1ccc2c(c1)OC(/C(N)=N/c1nc3ccccc3s1)O2. The van der Waals surface area contributed by atoms with Gasteiger partial charge in [-0.25, -0.2) is 4.98 Å². The van der Waals surface area contributed by atoms with Crippen molar-refractivity contribution in [3.8, 4) is 11.5 Å². The molecule has 0 fully saturated rings. The van der Waals surface area contributed by atoms with Crippen molar-refractivity contribution in [3.63, 3.8) is 0 Å². The summed E-state index contributed by atoms with van der Waals surface area (Å²) < 4.78 is 12.3. The Morgan fingerprint density at radius 3 is 2.71 bits per heavy atom. The van der Waals surface area contributed by atoms with Crippen LogP contribution in [-0.2, 0) is 0 Å². The summed E-state index contributed by atoms with van der Waals surface area (Å²) in [5.41, 5.74) is 12.9. The maximum absolute atomic E-state index is 7.46. The molecule has 0 amide bonds. The number of fused-ring (bicyclic) bond motifs is 2. The summed E-state index contributed by atoms with van der Waals surface area (Å²) in [6.45, 7) is 0. The van der Waals surface area contributed by atoms with Gasteiger partial charge in [0.2, 0.25) is 5.13 Å². The van der Waals surface area contributed by atoms with Crippen LogP contribution in [0.2, 0.25) is 0 Å². The Bertz CT molecular complexity index is 949. The van der Waals surface area contributed by atoms with Crippen molar-refractivity contribution in [2.24, 2.45) is 16.5 Å². The van der Waals surface area contributed by atoms with Crippen LogP contribution >= 0.6 is 11.3 Å². The Balaban J connectivity index is 1.59. The van der Waals surface area contributed by atoms with Gasteiger partial charge in [0, 0.05) is 5.56 Å². The molecule has 0 saturated carbocycles. The molecule has 0 spiro atoms. The Morgan fingerprint density at radius 1 is 1.12 bits per heavy atom. The van der Waals surface area contributed by atoms with Gasteiger partial charge < -0.3 is 20.9 Å². The molecule has 0 aliphatic carbocycles. The van der Waals surface area contributed by atoms with Crippen LogP contribution in [0.25, 0.3) is 10.2 Å². The number of ether oxygens (including phenoxy) is 2. The zero-order valence-electron chi connectivity index (χ0n) is 12.4. The lowest BCUT2D eigenvalue weighted by atomic mass is 10.2. The van der Waals surface area contributed by atoms with Crippen molar-refractivity contribution >= 4 is 38.4 Å². The number of amidine groups is 2. The number of aliphatic imine (C=N–C) groups is 1. The number of benzene rings is 2. The fraction of sp³-hybridized carbons (Fsp3) is 0.0625. The minimum atomic E-state index is -0.825. The van der Waals surface area contributed by atoms with E-state index in [1.54, 1.807) is 18.2 Å². The zero-order chi connectivity index (χ0) is 16.7. The van der Waals surface area contributed by atoms with Crippen molar-refractivity contribution in [1.82, 2.24) is 4.98 Å². The van der Waals surface area contributed by atoms with E-state index in [0.717, 1.165) is 10.2 Å². The van der Waals surface area contributed by atoms with Crippen LogP contribution in [0.4, 0.5) is 5.13 Å². The normalized spacial score (nSPS) is 16.5. The molecule has 0 radical (unpaired) electrons. The Labute approximate surface area is 141 Å². The highest BCUT2D eigenvalue weighted by Crippen LogP contribution is 2.36. The smallest absolute Gasteiger partial charge is 0.300 e. The van der Waals surface area contributed by atoms with E-state index < -0.39 is 6.29 Å². The van der Waals surface area contributed by atoms with E-state index in [1.165, 1.54) is 11.3 Å². The number of nitrogens with one attached hydrogen (secondary N) is 1. The second-order valence-electron chi connectivity index (χ2n) is 5.14. The lowest BCUT2D eigenvalue weighted by molar-refractivity contribution is 0.112. The van der Waals surface area contributed by atoms with Crippen LogP contribution in [-0.4, -0.2) is 22.9 Å². The van der Waals surface area contributed by atoms with E-state index in [2.05, 4.69) is 9.98 Å². The highest BCUT2D eigenvalue weighted by molar-refractivity contribution is 7.22. The molecular formula is C16H13N5O2S. The average molecular weight is 339 g/mol. The van der Waals surface area contributed by atoms with E-state index in [1.807, 2.05) is 24.3 Å². The number of nitrogen functional groups attached to an aromatic ring is 1. The number of hydrogen-bond donors (Lipinski definition) is 3. The van der Waals surface area contributed by atoms with Crippen molar-refractivity contribution < 1.29 is 9.47 Å². The summed E-state index contributed by atoms with van der Waals surface area (Å²) in [6.07, 6.45) is -0.825. The van der Waals surface area contributed by atoms with Crippen LogP contribution in [0, 0.1) is 5.41 Å². The molecule has 24 heavy (non-hydrogen) atoms. The molecular weight excluding hydrogens is 326 g/mol. The number of hydrogen-bond acceptors (Lipinski definition) is 6. The summed E-state index contributed by atoms with van der Waals surface area (Å²) in [5, 5.41) is 8.00. The number of aromatic nitrogens is 1. The van der Waals surface area contributed by atoms with Gasteiger partial charge in [-0.05, 0) is 30.3 Å². The lowest BCUT2D eigenvalue weighted by Crippen LogP contribution is -2.35. The van der Waals surface area contributed by atoms with Crippen LogP contribution in [0.1, 0.15) is 5.56 Å². The maximum Gasteiger partial charge on any atom is 0.300 e. The molecule has 1 atom stereocenters. The van der Waals surface area contributed by atoms with Crippen LogP contribution in [0.15, 0.2) is 47.5 Å². The van der Waals surface area contributed by atoms with E-state index in [9.17, 15) is 0 Å². The van der Waals surface area contributed by atoms with E-state index in [-0.39, 0.29) is 11.7 Å². The first-order valence-electron chi connectivity index (χ1n) is 7.11. The number of thiazole rings is 1. The quantitative estimate of drug-likeness (QED) is 0.500. The molecule has 1 aromatic heterocycles. The number of para-hydroxylation sites is 1. The summed E-state index contributed by atoms with van der Waals surface area (Å²) in [7, 11) is 0. The first kappa shape index (κ1) is 14.5. The van der Waals surface area contributed by atoms with Crippen molar-refractivity contribution in [2.45, 2.75) is 6.29 Å². The molecule has 2 heterocycles. The topological polar surface area (TPSA) is 120 Å². The van der Waals surface area contributed by atoms with Gasteiger partial charge in [0.15, 0.2) is 17.3 Å². The van der Waals surface area contributed by atoms with Crippen LogP contribution < -0.4 is 20.9 Å². The highest BCUT2D eigenvalue weighted by atomic mass is 32.1. The largest absolute Gasteiger partial charge is 0.444 e. The average Bonchev–Trinajstić information content (AvgIpc) is 3.16. The highest BCUT2D eigenvalue weighted by Gasteiger charge is 2.28. The zero-order valence-corrected chi connectivity index (χ0v) is 13.2. The van der Waals surface area contributed by atoms with Crippen LogP contribution in [0.5, 0.6) is 11.5 Å². The van der Waals surface area contributed by atoms with Gasteiger partial charge in [-0.2, -0.15) is 4.99 Å². The summed E-state index contributed by atoms with van der Waals surface area (Å²) in [6, 6.07) is 12.8. The second kappa shape index (κ2) is 5.50. The molecule has 1 aliphatic heterocycles. The Kier molecular flexibility index (Phi) is 3.31. The predicted octanol–water partition coefficient (Wildman–Crippen LogP) is 2.37. The first-order valence-corrected chi connectivity index (χ1v) is 7.93. The van der Waals surface area contributed by atoms with E-state index >= 15 is 0 Å². The van der Waals surface area contributed by atoms with E-state index in [0.29, 0.717) is 22.2 Å². The molecule has 0 bridgehead atoms. The summed E-state index contributed by atoms with van der Waals surface area (Å²) in [4.78, 5) is 8.71. The monoisotopic (exact) mass is 339 g/mol. The molecule has 5 N–H and O–H groups in total. The minimum Gasteiger partial charge on any atom is -0.444 e. The maximum atomic E-state index is 7.46. The third-order valence-electron chi connectivity index (χ3n) is 3.47. The molecule has 4 rings (SSSR count). The van der Waals surface area contributed by atoms with E-state index in [4.69, 9.17) is 26.4 Å².